The van der Waals surface area contributed by atoms with Crippen LogP contribution in [0.1, 0.15) is 25.0 Å². The van der Waals surface area contributed by atoms with Gasteiger partial charge in [0.25, 0.3) is 0 Å². The number of carbonyl (C=O) groups is 3. The van der Waals surface area contributed by atoms with E-state index in [1.165, 1.54) is 6.26 Å². The Morgan fingerprint density at radius 1 is 1.24 bits per heavy atom. The first-order valence-electron chi connectivity index (χ1n) is 10.9. The van der Waals surface area contributed by atoms with Crippen LogP contribution in [0.5, 0.6) is 5.75 Å². The van der Waals surface area contributed by atoms with E-state index in [0.29, 0.717) is 22.5 Å². The van der Waals surface area contributed by atoms with Crippen molar-refractivity contribution < 1.29 is 23.9 Å². The minimum Gasteiger partial charge on any atom is -0.487 e. The zero-order chi connectivity index (χ0) is 23.2. The molecule has 3 aliphatic carbocycles. The van der Waals surface area contributed by atoms with Gasteiger partial charge < -0.3 is 9.47 Å². The fourth-order valence-corrected chi connectivity index (χ4v) is 4.98. The molecule has 3 aliphatic rings. The van der Waals surface area contributed by atoms with Crippen molar-refractivity contribution >= 4 is 28.4 Å². The number of pyridine rings is 1. The zero-order valence-corrected chi connectivity index (χ0v) is 18.2. The molecule has 2 saturated carbocycles. The topological polar surface area (TPSA) is 82.6 Å². The fourth-order valence-electron chi connectivity index (χ4n) is 4.98. The molecule has 0 aliphatic heterocycles. The monoisotopic (exact) mass is 441 g/mol. The molecule has 1 heterocycles. The molecule has 0 radical (unpaired) electrons. The summed E-state index contributed by atoms with van der Waals surface area (Å²) >= 11 is 0. The lowest BCUT2D eigenvalue weighted by molar-refractivity contribution is -0.133. The molecule has 166 valence electrons. The van der Waals surface area contributed by atoms with Gasteiger partial charge in [0.2, 0.25) is 0 Å². The number of esters is 1. The molecule has 33 heavy (non-hydrogen) atoms. The first-order chi connectivity index (χ1) is 15.9. The fraction of sp³-hybridized carbons (Fsp3) is 0.259. The maximum Gasteiger partial charge on any atom is 0.337 e. The van der Waals surface area contributed by atoms with Crippen LogP contribution >= 0.6 is 0 Å². The van der Waals surface area contributed by atoms with Crippen molar-refractivity contribution in [3.8, 4) is 5.75 Å². The number of nitrogens with zero attached hydrogens (tertiary/aromatic N) is 1. The number of ketones is 2. The highest BCUT2D eigenvalue weighted by Gasteiger charge is 2.73. The van der Waals surface area contributed by atoms with Crippen LogP contribution in [0.15, 0.2) is 79.1 Å². The van der Waals surface area contributed by atoms with Crippen LogP contribution in [0.4, 0.5) is 0 Å². The van der Waals surface area contributed by atoms with Crippen LogP contribution in [0.2, 0.25) is 0 Å². The lowest BCUT2D eigenvalue weighted by Crippen LogP contribution is -2.33. The number of rotatable bonds is 6. The highest BCUT2D eigenvalue weighted by atomic mass is 16.5. The van der Waals surface area contributed by atoms with E-state index in [4.69, 9.17) is 14.5 Å². The maximum atomic E-state index is 13.5. The first-order valence-corrected chi connectivity index (χ1v) is 10.9. The number of allylic oxidation sites excluding steroid dienone is 4. The third kappa shape index (κ3) is 3.42. The Labute approximate surface area is 191 Å². The number of benzene rings is 1. The third-order valence-corrected chi connectivity index (χ3v) is 6.63. The summed E-state index contributed by atoms with van der Waals surface area (Å²) in [5, 5.41) is 0.865. The smallest absolute Gasteiger partial charge is 0.337 e. The van der Waals surface area contributed by atoms with Gasteiger partial charge in [0.05, 0.1) is 23.3 Å². The minimum atomic E-state index is -0.687. The number of Topliss-reactive ketones (excluding diaryl/α,β-unsaturated/α-hetero) is 2. The lowest BCUT2D eigenvalue weighted by atomic mass is 9.76. The highest BCUT2D eigenvalue weighted by molar-refractivity contribution is 6.10. The summed E-state index contributed by atoms with van der Waals surface area (Å²) in [6.07, 6.45) is 10.7. The van der Waals surface area contributed by atoms with Crippen molar-refractivity contribution in [1.29, 1.82) is 0 Å². The van der Waals surface area contributed by atoms with E-state index in [0.717, 1.165) is 5.39 Å². The molecule has 4 unspecified atom stereocenters. The second kappa shape index (κ2) is 7.96. The van der Waals surface area contributed by atoms with Gasteiger partial charge in [-0.2, -0.15) is 0 Å². The van der Waals surface area contributed by atoms with E-state index in [1.807, 2.05) is 48.6 Å². The summed E-state index contributed by atoms with van der Waals surface area (Å²) in [6.45, 7) is 5.26. The Bertz CT molecular complexity index is 1290. The number of aromatic nitrogens is 1. The summed E-state index contributed by atoms with van der Waals surface area (Å²) in [5.74, 6) is -0.558. The number of fused-ring (bicyclic) bond motifs is 2. The SMILES string of the molecule is C=C(C)C(=O)O/C=C/COc1cccc2ccc(C3CC(=O)C4C5C=CC=CC54C3=O)nc12. The van der Waals surface area contributed by atoms with E-state index >= 15 is 0 Å². The molecule has 2 aromatic rings. The molecular formula is C27H23NO5. The molecule has 0 saturated heterocycles. The third-order valence-electron chi connectivity index (χ3n) is 6.63. The Morgan fingerprint density at radius 3 is 2.91 bits per heavy atom. The van der Waals surface area contributed by atoms with Crippen LogP contribution < -0.4 is 4.74 Å². The standard InChI is InChI=1S/C27H23NO5/c1-16(2)26(31)33-14-6-13-32-22-9-5-7-17-10-11-20(28-24(17)22)18-15-21(29)23-19-8-3-4-12-27(19,23)25(18)30/h3-12,14,18-19,23H,1,13,15H2,2H3/b14-6+. The number of ether oxygens (including phenoxy) is 2. The Hall–Kier alpha value is -3.80. The van der Waals surface area contributed by atoms with Crippen molar-refractivity contribution in [1.82, 2.24) is 4.98 Å². The second-order valence-corrected chi connectivity index (χ2v) is 8.70. The van der Waals surface area contributed by atoms with E-state index in [2.05, 4.69) is 6.58 Å². The predicted molar refractivity (Wildman–Crippen MR) is 122 cm³/mol. The van der Waals surface area contributed by atoms with Gasteiger partial charge in [-0.25, -0.2) is 9.78 Å². The molecular weight excluding hydrogens is 418 g/mol. The van der Waals surface area contributed by atoms with Gasteiger partial charge in [-0.15, -0.1) is 0 Å². The van der Waals surface area contributed by atoms with Gasteiger partial charge in [-0.05, 0) is 25.1 Å². The van der Waals surface area contributed by atoms with Crippen LogP contribution in [0, 0.1) is 17.3 Å². The Balaban J connectivity index is 1.38. The number of carbonyl (C=O) groups excluding carboxylic acids is 3. The quantitative estimate of drug-likeness (QED) is 0.379. The molecule has 6 nitrogen and oxygen atoms in total. The van der Waals surface area contributed by atoms with E-state index in [9.17, 15) is 14.4 Å². The van der Waals surface area contributed by atoms with Crippen LogP contribution in [0.3, 0.4) is 0 Å². The summed E-state index contributed by atoms with van der Waals surface area (Å²) in [7, 11) is 0. The normalized spacial score (nSPS) is 27.4. The van der Waals surface area contributed by atoms with Crippen molar-refractivity contribution in [2.45, 2.75) is 19.3 Å². The van der Waals surface area contributed by atoms with Gasteiger partial charge in [0.15, 0.2) is 5.78 Å². The van der Waals surface area contributed by atoms with Crippen molar-refractivity contribution in [2.24, 2.45) is 17.3 Å². The van der Waals surface area contributed by atoms with Gasteiger partial charge in [0, 0.05) is 29.2 Å². The molecule has 4 atom stereocenters. The number of hydrogen-bond acceptors (Lipinski definition) is 6. The molecule has 2 fully saturated rings. The average Bonchev–Trinajstić information content (AvgIpc) is 3.52. The average molecular weight is 441 g/mol. The summed E-state index contributed by atoms with van der Waals surface area (Å²) in [5.41, 5.74) is 0.830. The van der Waals surface area contributed by atoms with Crippen LogP contribution in [-0.2, 0) is 19.1 Å². The molecule has 1 aromatic heterocycles. The van der Waals surface area contributed by atoms with Gasteiger partial charge in [-0.1, -0.05) is 49.1 Å². The van der Waals surface area contributed by atoms with Gasteiger partial charge >= 0.3 is 5.97 Å². The summed E-state index contributed by atoms with van der Waals surface area (Å²) < 4.78 is 10.7. The lowest BCUT2D eigenvalue weighted by Gasteiger charge is -2.25. The molecule has 0 bridgehead atoms. The van der Waals surface area contributed by atoms with Gasteiger partial charge in [0.1, 0.15) is 23.7 Å². The summed E-state index contributed by atoms with van der Waals surface area (Å²) in [4.78, 5) is 42.5. The van der Waals surface area contributed by atoms with Crippen molar-refractivity contribution in [3.63, 3.8) is 0 Å². The first kappa shape index (κ1) is 21.1. The van der Waals surface area contributed by atoms with E-state index < -0.39 is 17.3 Å². The molecule has 5 rings (SSSR count). The maximum absolute atomic E-state index is 13.5. The minimum absolute atomic E-state index is 0.0161. The largest absolute Gasteiger partial charge is 0.487 e. The van der Waals surface area contributed by atoms with Crippen molar-refractivity contribution in [2.75, 3.05) is 6.61 Å². The molecule has 1 spiro atoms. The molecule has 0 N–H and O–H groups in total. The van der Waals surface area contributed by atoms with E-state index in [-0.39, 0.29) is 36.4 Å². The zero-order valence-electron chi connectivity index (χ0n) is 18.2. The Kier molecular flexibility index (Phi) is 5.08. The van der Waals surface area contributed by atoms with Crippen LogP contribution in [-0.4, -0.2) is 29.1 Å². The molecule has 1 aromatic carbocycles. The van der Waals surface area contributed by atoms with Crippen molar-refractivity contribution in [3.05, 3.63) is 84.8 Å². The summed E-state index contributed by atoms with van der Waals surface area (Å²) in [6, 6.07) is 9.29. The highest BCUT2D eigenvalue weighted by Crippen LogP contribution is 2.67. The van der Waals surface area contributed by atoms with Crippen LogP contribution in [0.25, 0.3) is 10.9 Å². The predicted octanol–water partition coefficient (Wildman–Crippen LogP) is 4.23. The second-order valence-electron chi connectivity index (χ2n) is 8.70. The van der Waals surface area contributed by atoms with E-state index in [1.54, 1.807) is 19.1 Å². The molecule has 0 amide bonds. The molecule has 6 heteroatoms. The Morgan fingerprint density at radius 2 is 2.09 bits per heavy atom. The van der Waals surface area contributed by atoms with Gasteiger partial charge in [-0.3, -0.25) is 9.59 Å². The number of hydrogen-bond donors (Lipinski definition) is 0. The number of para-hydroxylation sites is 1.